The van der Waals surface area contributed by atoms with Gasteiger partial charge in [0.05, 0.1) is 10.9 Å². The van der Waals surface area contributed by atoms with Gasteiger partial charge in [0.1, 0.15) is 11.6 Å². The van der Waals surface area contributed by atoms with Crippen LogP contribution >= 0.6 is 11.3 Å². The Labute approximate surface area is 128 Å². The topological polar surface area (TPSA) is 51.0 Å². The van der Waals surface area contributed by atoms with E-state index in [0.717, 1.165) is 48.0 Å². The number of aromatic nitrogens is 3. The Morgan fingerprint density at radius 3 is 2.81 bits per heavy atom. The van der Waals surface area contributed by atoms with Crippen molar-refractivity contribution in [1.29, 1.82) is 0 Å². The molecule has 0 bridgehead atoms. The van der Waals surface area contributed by atoms with Crippen LogP contribution in [0.4, 0.5) is 0 Å². The Bertz CT molecular complexity index is 660. The van der Waals surface area contributed by atoms with E-state index in [0.29, 0.717) is 0 Å². The summed E-state index contributed by atoms with van der Waals surface area (Å²) in [7, 11) is 0. The Morgan fingerprint density at radius 1 is 1.38 bits per heavy atom. The maximum Gasteiger partial charge on any atom is 0.264 e. The Hall–Kier alpha value is -1.69. The van der Waals surface area contributed by atoms with Gasteiger partial charge in [0, 0.05) is 13.1 Å². The van der Waals surface area contributed by atoms with Crippen molar-refractivity contribution in [1.82, 2.24) is 19.7 Å². The van der Waals surface area contributed by atoms with Gasteiger partial charge in [-0.25, -0.2) is 9.67 Å². The smallest absolute Gasteiger partial charge is 0.264 e. The molecule has 1 aliphatic heterocycles. The summed E-state index contributed by atoms with van der Waals surface area (Å²) in [6.07, 6.45) is 2.07. The van der Waals surface area contributed by atoms with Gasteiger partial charge in [0.15, 0.2) is 0 Å². The van der Waals surface area contributed by atoms with E-state index in [4.69, 9.17) is 0 Å². The fourth-order valence-electron chi connectivity index (χ4n) is 2.96. The van der Waals surface area contributed by atoms with Gasteiger partial charge in [0.25, 0.3) is 5.91 Å². The van der Waals surface area contributed by atoms with Crippen molar-refractivity contribution < 1.29 is 4.79 Å². The van der Waals surface area contributed by atoms with Gasteiger partial charge >= 0.3 is 0 Å². The first-order chi connectivity index (χ1) is 10.1. The molecule has 2 aromatic heterocycles. The largest absolute Gasteiger partial charge is 0.336 e. The minimum atomic E-state index is 0.154. The summed E-state index contributed by atoms with van der Waals surface area (Å²) in [6.45, 7) is 7.43. The first-order valence-corrected chi connectivity index (χ1v) is 8.17. The number of hydrogen-bond acceptors (Lipinski definition) is 4. The monoisotopic (exact) mass is 304 g/mol. The maximum atomic E-state index is 12.6. The number of nitrogens with zero attached hydrogens (tertiary/aromatic N) is 4. The molecular weight excluding hydrogens is 284 g/mol. The molecule has 0 N–H and O–H groups in total. The van der Waals surface area contributed by atoms with Crippen LogP contribution < -0.4 is 0 Å². The lowest BCUT2D eigenvalue weighted by Gasteiger charge is -2.33. The van der Waals surface area contributed by atoms with Crippen LogP contribution in [0.25, 0.3) is 0 Å². The minimum absolute atomic E-state index is 0.154. The molecule has 112 valence electrons. The maximum absolute atomic E-state index is 12.6. The summed E-state index contributed by atoms with van der Waals surface area (Å²) in [5.41, 5.74) is 1.07. The lowest BCUT2D eigenvalue weighted by atomic mass is 10.1. The zero-order valence-corrected chi connectivity index (χ0v) is 13.5. The van der Waals surface area contributed by atoms with Crippen LogP contribution in [0.5, 0.6) is 0 Å². The summed E-state index contributed by atoms with van der Waals surface area (Å²) < 4.78 is 1.98. The number of piperidine rings is 1. The van der Waals surface area contributed by atoms with Crippen LogP contribution in [0, 0.1) is 20.8 Å². The second-order valence-corrected chi connectivity index (χ2v) is 6.55. The Morgan fingerprint density at radius 2 is 2.19 bits per heavy atom. The SMILES string of the molecule is Cc1nc(C)n([C@@H]2CCCN(C(=O)c3sccc3C)C2)n1. The van der Waals surface area contributed by atoms with Crippen molar-refractivity contribution in [3.05, 3.63) is 33.5 Å². The molecule has 1 amide bonds. The Kier molecular flexibility index (Phi) is 3.80. The number of carbonyl (C=O) groups is 1. The lowest BCUT2D eigenvalue weighted by molar-refractivity contribution is 0.0675. The molecule has 2 aromatic rings. The van der Waals surface area contributed by atoms with Crippen LogP contribution in [-0.2, 0) is 0 Å². The summed E-state index contributed by atoms with van der Waals surface area (Å²) in [4.78, 5) is 19.8. The highest BCUT2D eigenvalue weighted by Gasteiger charge is 2.28. The summed E-state index contributed by atoms with van der Waals surface area (Å²) >= 11 is 1.53. The summed E-state index contributed by atoms with van der Waals surface area (Å²) in [5.74, 6) is 1.88. The molecule has 6 heteroatoms. The van der Waals surface area contributed by atoms with Crippen LogP contribution in [0.15, 0.2) is 11.4 Å². The number of amides is 1. The fraction of sp³-hybridized carbons (Fsp3) is 0.533. The van der Waals surface area contributed by atoms with E-state index < -0.39 is 0 Å². The van der Waals surface area contributed by atoms with E-state index in [-0.39, 0.29) is 11.9 Å². The quantitative estimate of drug-likeness (QED) is 0.857. The number of aryl methyl sites for hydroxylation is 3. The van der Waals surface area contributed by atoms with E-state index in [9.17, 15) is 4.79 Å². The van der Waals surface area contributed by atoms with Gasteiger partial charge in [-0.15, -0.1) is 11.3 Å². The highest BCUT2D eigenvalue weighted by molar-refractivity contribution is 7.12. The zero-order chi connectivity index (χ0) is 15.0. The lowest BCUT2D eigenvalue weighted by Crippen LogP contribution is -2.41. The molecular formula is C15H20N4OS. The van der Waals surface area contributed by atoms with Crippen molar-refractivity contribution in [2.45, 2.75) is 39.7 Å². The van der Waals surface area contributed by atoms with Crippen LogP contribution in [0.2, 0.25) is 0 Å². The normalized spacial score (nSPS) is 19.0. The number of thiophene rings is 1. The standard InChI is InChI=1S/C15H20N4OS/c1-10-6-8-21-14(10)15(20)18-7-4-5-13(9-18)19-12(3)16-11(2)17-19/h6,8,13H,4-5,7,9H2,1-3H3/t13-/m1/s1. The third-order valence-corrected chi connectivity index (χ3v) is 5.00. The zero-order valence-electron chi connectivity index (χ0n) is 12.7. The van der Waals surface area contributed by atoms with Gasteiger partial charge < -0.3 is 4.90 Å². The highest BCUT2D eigenvalue weighted by Crippen LogP contribution is 2.25. The molecule has 1 fully saturated rings. The predicted octanol–water partition coefficient (Wildman–Crippen LogP) is 2.74. The molecule has 21 heavy (non-hydrogen) atoms. The molecule has 0 aliphatic carbocycles. The van der Waals surface area contributed by atoms with Gasteiger partial charge in [-0.3, -0.25) is 4.79 Å². The molecule has 0 unspecified atom stereocenters. The van der Waals surface area contributed by atoms with Crippen LogP contribution in [-0.4, -0.2) is 38.7 Å². The average Bonchev–Trinajstić information content (AvgIpc) is 3.03. The molecule has 0 spiro atoms. The molecule has 1 aliphatic rings. The van der Waals surface area contributed by atoms with E-state index in [2.05, 4.69) is 10.1 Å². The molecule has 1 atom stereocenters. The second kappa shape index (κ2) is 5.60. The van der Waals surface area contributed by atoms with E-state index in [1.54, 1.807) is 0 Å². The van der Waals surface area contributed by atoms with Crippen LogP contribution in [0.1, 0.15) is 45.8 Å². The van der Waals surface area contributed by atoms with Crippen molar-refractivity contribution in [2.24, 2.45) is 0 Å². The first-order valence-electron chi connectivity index (χ1n) is 7.29. The average molecular weight is 304 g/mol. The van der Waals surface area contributed by atoms with Crippen molar-refractivity contribution in [3.8, 4) is 0 Å². The van der Waals surface area contributed by atoms with E-state index in [1.165, 1.54) is 11.3 Å². The van der Waals surface area contributed by atoms with Crippen molar-refractivity contribution in [2.75, 3.05) is 13.1 Å². The third kappa shape index (κ3) is 2.72. The molecule has 1 saturated heterocycles. The number of rotatable bonds is 2. The third-order valence-electron chi connectivity index (χ3n) is 3.99. The number of likely N-dealkylation sites (tertiary alicyclic amines) is 1. The first kappa shape index (κ1) is 14.3. The molecule has 0 radical (unpaired) electrons. The summed E-state index contributed by atoms with van der Waals surface area (Å²) in [6, 6.07) is 2.24. The van der Waals surface area contributed by atoms with Crippen molar-refractivity contribution >= 4 is 17.2 Å². The van der Waals surface area contributed by atoms with Gasteiger partial charge in [-0.05, 0) is 50.6 Å². The van der Waals surface area contributed by atoms with Gasteiger partial charge in [-0.2, -0.15) is 5.10 Å². The Balaban J connectivity index is 1.79. The fourth-order valence-corrected chi connectivity index (χ4v) is 3.85. The van der Waals surface area contributed by atoms with Crippen molar-refractivity contribution in [3.63, 3.8) is 0 Å². The molecule has 3 heterocycles. The van der Waals surface area contributed by atoms with Crippen LogP contribution in [0.3, 0.4) is 0 Å². The number of carbonyl (C=O) groups excluding carboxylic acids is 1. The van der Waals surface area contributed by atoms with Gasteiger partial charge in [0.2, 0.25) is 0 Å². The van der Waals surface area contributed by atoms with E-state index >= 15 is 0 Å². The highest BCUT2D eigenvalue weighted by atomic mass is 32.1. The predicted molar refractivity (Wildman–Crippen MR) is 82.7 cm³/mol. The number of hydrogen-bond donors (Lipinski definition) is 0. The molecule has 3 rings (SSSR count). The molecule has 0 aromatic carbocycles. The second-order valence-electron chi connectivity index (χ2n) is 5.63. The van der Waals surface area contributed by atoms with Gasteiger partial charge in [-0.1, -0.05) is 0 Å². The molecule has 0 saturated carbocycles. The summed E-state index contributed by atoms with van der Waals surface area (Å²) in [5, 5.41) is 6.46. The van der Waals surface area contributed by atoms with E-state index in [1.807, 2.05) is 41.8 Å². The minimum Gasteiger partial charge on any atom is -0.336 e. The molecule has 5 nitrogen and oxygen atoms in total.